The third-order valence-electron chi connectivity index (χ3n) is 3.85. The molecule has 0 saturated carbocycles. The van der Waals surface area contributed by atoms with Crippen molar-refractivity contribution in [2.24, 2.45) is 0 Å². The average molecular weight is 453 g/mol. The highest BCUT2D eigenvalue weighted by molar-refractivity contribution is 8.13. The number of hydrogen-bond donors (Lipinski definition) is 2. The molecule has 31 heavy (non-hydrogen) atoms. The number of thioether (sulfide) groups is 1. The van der Waals surface area contributed by atoms with Gasteiger partial charge in [0, 0.05) is 17.4 Å². The molecular formula is C20H17F2NO7S. The molecule has 0 aliphatic heterocycles. The minimum Gasteiger partial charge on any atom is -0.480 e. The first kappa shape index (κ1) is 23.8. The predicted octanol–water partition coefficient (Wildman–Crippen LogP) is 3.24. The summed E-state index contributed by atoms with van der Waals surface area (Å²) in [6, 6.07) is 5.46. The fourth-order valence-corrected chi connectivity index (χ4v) is 3.11. The second-order valence-electron chi connectivity index (χ2n) is 5.89. The van der Waals surface area contributed by atoms with Crippen molar-refractivity contribution < 1.29 is 42.5 Å². The van der Waals surface area contributed by atoms with E-state index in [-0.39, 0.29) is 41.2 Å². The van der Waals surface area contributed by atoms with E-state index in [1.807, 2.05) is 5.32 Å². The van der Waals surface area contributed by atoms with Gasteiger partial charge in [0.25, 0.3) is 0 Å². The molecule has 11 heteroatoms. The van der Waals surface area contributed by atoms with Gasteiger partial charge in [0.2, 0.25) is 6.41 Å². The second-order valence-corrected chi connectivity index (χ2v) is 6.85. The van der Waals surface area contributed by atoms with Crippen molar-refractivity contribution in [3.63, 3.8) is 0 Å². The monoisotopic (exact) mass is 453 g/mol. The lowest BCUT2D eigenvalue weighted by molar-refractivity contribution is -0.139. The fraction of sp³-hybridized carbons (Fsp3) is 0.200. The van der Waals surface area contributed by atoms with Crippen LogP contribution < -0.4 is 10.1 Å². The number of carbonyl (C=O) groups excluding carboxylic acids is 3. The van der Waals surface area contributed by atoms with Crippen molar-refractivity contribution >= 4 is 35.4 Å². The summed E-state index contributed by atoms with van der Waals surface area (Å²) in [5.41, 5.74) is 0.0513. The van der Waals surface area contributed by atoms with Gasteiger partial charge < -0.3 is 19.9 Å². The second kappa shape index (κ2) is 11.1. The number of hydrogen-bond acceptors (Lipinski definition) is 7. The van der Waals surface area contributed by atoms with Crippen molar-refractivity contribution in [1.82, 2.24) is 5.32 Å². The third kappa shape index (κ3) is 6.51. The molecule has 0 aliphatic carbocycles. The van der Waals surface area contributed by atoms with E-state index in [2.05, 4.69) is 0 Å². The molecule has 0 saturated heterocycles. The first-order chi connectivity index (χ1) is 14.8. The molecule has 0 bridgehead atoms. The number of aliphatic carboxylic acids is 1. The molecule has 1 amide bonds. The number of halogens is 2. The number of nitrogens with one attached hydrogen (secondary N) is 1. The average Bonchev–Trinajstić information content (AvgIpc) is 2.71. The summed E-state index contributed by atoms with van der Waals surface area (Å²) in [5, 5.41) is 10.1. The Morgan fingerprint density at radius 3 is 2.55 bits per heavy atom. The van der Waals surface area contributed by atoms with E-state index in [0.717, 1.165) is 6.07 Å². The molecule has 1 unspecified atom stereocenters. The van der Waals surface area contributed by atoms with E-state index < -0.39 is 34.9 Å². The summed E-state index contributed by atoms with van der Waals surface area (Å²) in [4.78, 5) is 45.8. The summed E-state index contributed by atoms with van der Waals surface area (Å²) >= 11 is 0.469. The van der Waals surface area contributed by atoms with Crippen LogP contribution in [0.3, 0.4) is 0 Å². The van der Waals surface area contributed by atoms with Gasteiger partial charge in [-0.3, -0.25) is 4.79 Å². The standard InChI is InChI=1S/C20H17F2NO7S/c1-2-29-19(27)14-7-11(13-5-4-12(21)8-15(13)22)3-6-17(14)30-20(28)31-9-16(18(25)26)23-10-24/h3-8,10,16H,2,9H2,1H3,(H,23,24)(H,25,26). The number of benzene rings is 2. The normalized spacial score (nSPS) is 11.3. The first-order valence-corrected chi connectivity index (χ1v) is 9.79. The maximum atomic E-state index is 14.1. The number of amides is 1. The zero-order valence-corrected chi connectivity index (χ0v) is 16.9. The van der Waals surface area contributed by atoms with E-state index in [9.17, 15) is 28.0 Å². The Hall–Kier alpha value is -3.47. The van der Waals surface area contributed by atoms with Crippen LogP contribution >= 0.6 is 11.8 Å². The Bertz CT molecular complexity index is 999. The zero-order valence-electron chi connectivity index (χ0n) is 16.1. The number of ether oxygens (including phenoxy) is 2. The SMILES string of the molecule is CCOC(=O)c1cc(-c2ccc(F)cc2F)ccc1OC(=O)SCC(NC=O)C(=O)O. The molecule has 0 fully saturated rings. The van der Waals surface area contributed by atoms with Crippen molar-refractivity contribution in [2.45, 2.75) is 13.0 Å². The fourth-order valence-electron chi connectivity index (χ4n) is 2.42. The lowest BCUT2D eigenvalue weighted by atomic mass is 10.0. The Morgan fingerprint density at radius 1 is 1.19 bits per heavy atom. The van der Waals surface area contributed by atoms with Gasteiger partial charge in [-0.1, -0.05) is 6.07 Å². The van der Waals surface area contributed by atoms with Crippen LogP contribution in [0, 0.1) is 11.6 Å². The quantitative estimate of drug-likeness (QED) is 0.439. The van der Waals surface area contributed by atoms with Crippen molar-refractivity contribution in [1.29, 1.82) is 0 Å². The van der Waals surface area contributed by atoms with Crippen molar-refractivity contribution in [3.05, 3.63) is 53.6 Å². The summed E-state index contributed by atoms with van der Waals surface area (Å²) < 4.78 is 37.3. The highest BCUT2D eigenvalue weighted by Crippen LogP contribution is 2.30. The number of carbonyl (C=O) groups is 4. The van der Waals surface area contributed by atoms with Gasteiger partial charge in [0.15, 0.2) is 0 Å². The number of esters is 1. The largest absolute Gasteiger partial charge is 0.480 e. The van der Waals surface area contributed by atoms with Crippen LogP contribution in [0.5, 0.6) is 5.75 Å². The van der Waals surface area contributed by atoms with Gasteiger partial charge in [-0.15, -0.1) is 0 Å². The third-order valence-corrected chi connectivity index (χ3v) is 4.66. The minimum absolute atomic E-state index is 0.0171. The van der Waals surface area contributed by atoms with Crippen molar-refractivity contribution in [2.75, 3.05) is 12.4 Å². The lowest BCUT2D eigenvalue weighted by Crippen LogP contribution is -2.38. The van der Waals surface area contributed by atoms with Crippen LogP contribution in [0.15, 0.2) is 36.4 Å². The van der Waals surface area contributed by atoms with E-state index in [0.29, 0.717) is 17.8 Å². The molecule has 1 atom stereocenters. The number of carboxylic acids is 1. The highest BCUT2D eigenvalue weighted by atomic mass is 32.2. The topological polar surface area (TPSA) is 119 Å². The van der Waals surface area contributed by atoms with Gasteiger partial charge in [0.05, 0.1) is 6.61 Å². The lowest BCUT2D eigenvalue weighted by Gasteiger charge is -2.13. The molecule has 2 N–H and O–H groups in total. The van der Waals surface area contributed by atoms with E-state index in [4.69, 9.17) is 14.6 Å². The molecule has 8 nitrogen and oxygen atoms in total. The predicted molar refractivity (Wildman–Crippen MR) is 107 cm³/mol. The smallest absolute Gasteiger partial charge is 0.372 e. The van der Waals surface area contributed by atoms with Crippen LogP contribution in [0.2, 0.25) is 0 Å². The van der Waals surface area contributed by atoms with E-state index in [1.165, 1.54) is 24.3 Å². The van der Waals surface area contributed by atoms with Gasteiger partial charge in [-0.2, -0.15) is 0 Å². The zero-order chi connectivity index (χ0) is 23.0. The molecule has 2 aromatic rings. The Labute approximate surface area is 179 Å². The van der Waals surface area contributed by atoms with E-state index in [1.54, 1.807) is 6.92 Å². The molecule has 0 radical (unpaired) electrons. The molecule has 164 valence electrons. The van der Waals surface area contributed by atoms with Crippen LogP contribution in [-0.2, 0) is 14.3 Å². The Balaban J connectivity index is 2.27. The van der Waals surface area contributed by atoms with Crippen LogP contribution in [0.25, 0.3) is 11.1 Å². The van der Waals surface area contributed by atoms with Gasteiger partial charge in [0.1, 0.15) is 29.0 Å². The maximum Gasteiger partial charge on any atom is 0.372 e. The summed E-state index contributed by atoms with van der Waals surface area (Å²) in [7, 11) is 0. The molecule has 0 heterocycles. The molecule has 2 rings (SSSR count). The number of rotatable bonds is 9. The van der Waals surface area contributed by atoms with Gasteiger partial charge in [-0.05, 0) is 48.5 Å². The van der Waals surface area contributed by atoms with E-state index >= 15 is 0 Å². The maximum absolute atomic E-state index is 14.1. The number of carboxylic acid groups (broad SMARTS) is 1. The molecule has 0 aromatic heterocycles. The molecule has 2 aromatic carbocycles. The van der Waals surface area contributed by atoms with Crippen LogP contribution in [0.1, 0.15) is 17.3 Å². The summed E-state index contributed by atoms with van der Waals surface area (Å²) in [6.07, 6.45) is 0.191. The Kier molecular flexibility index (Phi) is 8.50. The first-order valence-electron chi connectivity index (χ1n) is 8.80. The Morgan fingerprint density at radius 2 is 1.94 bits per heavy atom. The van der Waals surface area contributed by atoms with Crippen molar-refractivity contribution in [3.8, 4) is 16.9 Å². The summed E-state index contributed by atoms with van der Waals surface area (Å²) in [6.45, 7) is 1.59. The van der Waals surface area contributed by atoms with Crippen LogP contribution in [-0.4, -0.2) is 47.2 Å². The minimum atomic E-state index is -1.34. The van der Waals surface area contributed by atoms with Crippen LogP contribution in [0.4, 0.5) is 13.6 Å². The van der Waals surface area contributed by atoms with Gasteiger partial charge >= 0.3 is 17.2 Å². The highest BCUT2D eigenvalue weighted by Gasteiger charge is 2.22. The van der Waals surface area contributed by atoms with Gasteiger partial charge in [-0.25, -0.2) is 23.2 Å². The molecule has 0 spiro atoms. The summed E-state index contributed by atoms with van der Waals surface area (Å²) in [5.74, 6) is -4.32. The molecule has 0 aliphatic rings. The molecular weight excluding hydrogens is 436 g/mol.